The van der Waals surface area contributed by atoms with Crippen LogP contribution in [0.3, 0.4) is 0 Å². The molecule has 0 spiro atoms. The van der Waals surface area contributed by atoms with Crippen molar-refractivity contribution in [3.63, 3.8) is 0 Å². The fourth-order valence-electron chi connectivity index (χ4n) is 2.05. The van der Waals surface area contributed by atoms with Gasteiger partial charge in [-0.05, 0) is 19.3 Å². The van der Waals surface area contributed by atoms with Crippen molar-refractivity contribution in [1.29, 1.82) is 0 Å². The SMILES string of the molecule is CCC(CC)OC1CC(N)=CC(C(=O)O)C1. The summed E-state index contributed by atoms with van der Waals surface area (Å²) >= 11 is 0. The molecule has 2 atom stereocenters. The third-order valence-corrected chi connectivity index (χ3v) is 3.01. The van der Waals surface area contributed by atoms with Crippen LogP contribution in [-0.4, -0.2) is 23.3 Å². The van der Waals surface area contributed by atoms with E-state index in [0.29, 0.717) is 18.5 Å². The van der Waals surface area contributed by atoms with Gasteiger partial charge in [0.15, 0.2) is 0 Å². The molecule has 4 heteroatoms. The second kappa shape index (κ2) is 5.89. The molecule has 3 N–H and O–H groups in total. The number of ether oxygens (including phenoxy) is 1. The maximum Gasteiger partial charge on any atom is 0.310 e. The fourth-order valence-corrected chi connectivity index (χ4v) is 2.05. The number of carboxylic acids is 1. The minimum Gasteiger partial charge on any atom is -0.481 e. The molecule has 0 bridgehead atoms. The lowest BCUT2D eigenvalue weighted by atomic mass is 9.91. The molecule has 0 heterocycles. The van der Waals surface area contributed by atoms with Crippen molar-refractivity contribution in [2.75, 3.05) is 0 Å². The standard InChI is InChI=1S/C12H21NO3/c1-3-10(4-2)16-11-6-8(12(14)15)5-9(13)7-11/h5,8,10-11H,3-4,6-7,13H2,1-2H3,(H,14,15). The zero-order valence-electron chi connectivity index (χ0n) is 9.98. The van der Waals surface area contributed by atoms with E-state index in [9.17, 15) is 4.79 Å². The summed E-state index contributed by atoms with van der Waals surface area (Å²) in [5.41, 5.74) is 6.36. The van der Waals surface area contributed by atoms with Crippen LogP contribution in [0.4, 0.5) is 0 Å². The molecule has 0 aliphatic heterocycles. The van der Waals surface area contributed by atoms with E-state index in [0.717, 1.165) is 12.8 Å². The van der Waals surface area contributed by atoms with Gasteiger partial charge in [0.25, 0.3) is 0 Å². The van der Waals surface area contributed by atoms with Crippen LogP contribution in [0.5, 0.6) is 0 Å². The number of nitrogens with two attached hydrogens (primary N) is 1. The normalized spacial score (nSPS) is 25.6. The molecule has 0 aromatic heterocycles. The minimum absolute atomic E-state index is 0.0454. The quantitative estimate of drug-likeness (QED) is 0.752. The molecule has 0 saturated heterocycles. The van der Waals surface area contributed by atoms with Crippen molar-refractivity contribution in [3.05, 3.63) is 11.8 Å². The van der Waals surface area contributed by atoms with Gasteiger partial charge in [-0.3, -0.25) is 4.79 Å². The lowest BCUT2D eigenvalue weighted by Gasteiger charge is -2.28. The molecule has 0 aromatic rings. The van der Waals surface area contributed by atoms with Crippen LogP contribution in [0, 0.1) is 5.92 Å². The molecule has 0 saturated carbocycles. The molecule has 1 rings (SSSR count). The van der Waals surface area contributed by atoms with Crippen molar-refractivity contribution >= 4 is 5.97 Å². The first-order chi connectivity index (χ1) is 7.56. The Hall–Kier alpha value is -1.03. The van der Waals surface area contributed by atoms with Gasteiger partial charge in [-0.1, -0.05) is 19.9 Å². The van der Waals surface area contributed by atoms with Crippen LogP contribution in [0.2, 0.25) is 0 Å². The van der Waals surface area contributed by atoms with E-state index in [1.165, 1.54) is 0 Å². The molecule has 1 aliphatic rings. The maximum absolute atomic E-state index is 10.9. The summed E-state index contributed by atoms with van der Waals surface area (Å²) < 4.78 is 5.86. The summed E-state index contributed by atoms with van der Waals surface area (Å²) in [5.74, 6) is -1.31. The molecule has 1 aliphatic carbocycles. The van der Waals surface area contributed by atoms with Gasteiger partial charge in [0.1, 0.15) is 0 Å². The average molecular weight is 227 g/mol. The Labute approximate surface area is 96.5 Å². The Balaban J connectivity index is 2.57. The van der Waals surface area contributed by atoms with Gasteiger partial charge >= 0.3 is 5.97 Å². The Morgan fingerprint density at radius 1 is 1.62 bits per heavy atom. The van der Waals surface area contributed by atoms with E-state index in [1.807, 2.05) is 0 Å². The first-order valence-electron chi connectivity index (χ1n) is 5.91. The predicted octanol–water partition coefficient (Wildman–Crippen LogP) is 1.90. The van der Waals surface area contributed by atoms with Gasteiger partial charge in [-0.15, -0.1) is 0 Å². The molecule has 2 unspecified atom stereocenters. The molecule has 0 fully saturated rings. The van der Waals surface area contributed by atoms with E-state index in [-0.39, 0.29) is 12.2 Å². The van der Waals surface area contributed by atoms with Gasteiger partial charge in [-0.25, -0.2) is 0 Å². The smallest absolute Gasteiger partial charge is 0.310 e. The number of aliphatic carboxylic acids is 1. The number of hydrogen-bond donors (Lipinski definition) is 2. The zero-order chi connectivity index (χ0) is 12.1. The lowest BCUT2D eigenvalue weighted by molar-refractivity contribution is -0.142. The second-order valence-corrected chi connectivity index (χ2v) is 4.32. The second-order valence-electron chi connectivity index (χ2n) is 4.32. The number of carbonyl (C=O) groups is 1. The van der Waals surface area contributed by atoms with E-state index in [4.69, 9.17) is 15.6 Å². The molecule has 0 amide bonds. The van der Waals surface area contributed by atoms with Gasteiger partial charge in [0.2, 0.25) is 0 Å². The van der Waals surface area contributed by atoms with Gasteiger partial charge in [0, 0.05) is 12.1 Å². The van der Waals surface area contributed by atoms with Crippen LogP contribution in [0.1, 0.15) is 39.5 Å². The predicted molar refractivity (Wildman–Crippen MR) is 61.9 cm³/mol. The van der Waals surface area contributed by atoms with Crippen LogP contribution in [0.15, 0.2) is 11.8 Å². The highest BCUT2D eigenvalue weighted by Gasteiger charge is 2.27. The fraction of sp³-hybridized carbons (Fsp3) is 0.750. The highest BCUT2D eigenvalue weighted by atomic mass is 16.5. The third kappa shape index (κ3) is 3.52. The zero-order valence-corrected chi connectivity index (χ0v) is 9.98. The summed E-state index contributed by atoms with van der Waals surface area (Å²) in [4.78, 5) is 10.9. The minimum atomic E-state index is -0.819. The highest BCUT2D eigenvalue weighted by Crippen LogP contribution is 2.25. The molecule has 0 radical (unpaired) electrons. The largest absolute Gasteiger partial charge is 0.481 e. The van der Waals surface area contributed by atoms with Gasteiger partial charge in [-0.2, -0.15) is 0 Å². The number of carboxylic acid groups (broad SMARTS) is 1. The van der Waals surface area contributed by atoms with Crippen molar-refractivity contribution in [2.24, 2.45) is 11.7 Å². The Morgan fingerprint density at radius 2 is 2.25 bits per heavy atom. The monoisotopic (exact) mass is 227 g/mol. The Morgan fingerprint density at radius 3 is 2.75 bits per heavy atom. The van der Waals surface area contributed by atoms with E-state index >= 15 is 0 Å². The summed E-state index contributed by atoms with van der Waals surface area (Å²) in [6, 6.07) is 0. The van der Waals surface area contributed by atoms with Crippen LogP contribution < -0.4 is 5.73 Å². The van der Waals surface area contributed by atoms with Crippen molar-refractivity contribution in [3.8, 4) is 0 Å². The van der Waals surface area contributed by atoms with E-state index in [2.05, 4.69) is 13.8 Å². The highest BCUT2D eigenvalue weighted by molar-refractivity contribution is 5.72. The van der Waals surface area contributed by atoms with Crippen molar-refractivity contribution in [1.82, 2.24) is 0 Å². The number of hydrogen-bond acceptors (Lipinski definition) is 3. The lowest BCUT2D eigenvalue weighted by Crippen LogP contribution is -2.31. The van der Waals surface area contributed by atoms with Crippen LogP contribution >= 0.6 is 0 Å². The van der Waals surface area contributed by atoms with Crippen molar-refractivity contribution in [2.45, 2.75) is 51.7 Å². The van der Waals surface area contributed by atoms with Crippen molar-refractivity contribution < 1.29 is 14.6 Å². The van der Waals surface area contributed by atoms with Gasteiger partial charge < -0.3 is 15.6 Å². The van der Waals surface area contributed by atoms with E-state index in [1.54, 1.807) is 6.08 Å². The first-order valence-corrected chi connectivity index (χ1v) is 5.91. The summed E-state index contributed by atoms with van der Waals surface area (Å²) in [6.45, 7) is 4.15. The van der Waals surface area contributed by atoms with Crippen LogP contribution in [0.25, 0.3) is 0 Å². The van der Waals surface area contributed by atoms with Gasteiger partial charge in [0.05, 0.1) is 18.1 Å². The topological polar surface area (TPSA) is 72.5 Å². The average Bonchev–Trinajstić information content (AvgIpc) is 2.25. The molecular formula is C12H21NO3. The molecule has 92 valence electrons. The summed E-state index contributed by atoms with van der Waals surface area (Å²) in [5, 5.41) is 8.97. The van der Waals surface area contributed by atoms with Crippen LogP contribution in [-0.2, 0) is 9.53 Å². The van der Waals surface area contributed by atoms with E-state index < -0.39 is 11.9 Å². The molecule has 0 aromatic carbocycles. The summed E-state index contributed by atoms with van der Waals surface area (Å²) in [6.07, 6.45) is 4.89. The Kier molecular flexibility index (Phi) is 4.80. The number of rotatable bonds is 5. The molecule has 16 heavy (non-hydrogen) atoms. The Bertz CT molecular complexity index is 271. The molecule has 4 nitrogen and oxygen atoms in total. The maximum atomic E-state index is 10.9. The molecular weight excluding hydrogens is 206 g/mol. The first kappa shape index (κ1) is 13.0. The summed E-state index contributed by atoms with van der Waals surface area (Å²) in [7, 11) is 0. The third-order valence-electron chi connectivity index (χ3n) is 3.01.